The Morgan fingerprint density at radius 1 is 1.05 bits per heavy atom. The van der Waals surface area contributed by atoms with Gasteiger partial charge in [-0.15, -0.1) is 0 Å². The zero-order chi connectivity index (χ0) is 27.9. The Morgan fingerprint density at radius 3 is 2.29 bits per heavy atom. The maximum Gasteiger partial charge on any atom is 0.318 e. The predicted molar refractivity (Wildman–Crippen MR) is 134 cm³/mol. The number of ketones is 1. The van der Waals surface area contributed by atoms with E-state index in [2.05, 4.69) is 20.8 Å². The van der Waals surface area contributed by atoms with E-state index in [9.17, 15) is 14.4 Å². The monoisotopic (exact) mass is 535 g/mol. The first-order chi connectivity index (χ1) is 17.9. The molecular weight excluding hydrogens is 500 g/mol. The minimum absolute atomic E-state index is 0.147. The number of ether oxygens (including phenoxy) is 1. The molecule has 0 radical (unpaired) electrons. The molecule has 0 bridgehead atoms. The zero-order valence-electron chi connectivity index (χ0n) is 22.1. The number of halogens is 2. The summed E-state index contributed by atoms with van der Waals surface area (Å²) in [6.07, 6.45) is -1.42. The second-order valence-corrected chi connectivity index (χ2v) is 10.3. The van der Waals surface area contributed by atoms with E-state index in [0.29, 0.717) is 18.8 Å². The minimum atomic E-state index is -3.32. The second-order valence-electron chi connectivity index (χ2n) is 10.3. The van der Waals surface area contributed by atoms with Gasteiger partial charge in [-0.2, -0.15) is 4.98 Å². The first-order valence-corrected chi connectivity index (χ1v) is 12.6. The number of hydrogen-bond acceptors (Lipinski definition) is 7. The normalized spacial score (nSPS) is 16.0. The summed E-state index contributed by atoms with van der Waals surface area (Å²) in [5.41, 5.74) is -0.0973. The fraction of sp³-hybridized carbons (Fsp3) is 0.577. The first kappa shape index (κ1) is 29.2. The number of rotatable bonds is 10. The molecule has 2 N–H and O–H groups in total. The number of morpholine rings is 1. The van der Waals surface area contributed by atoms with Crippen molar-refractivity contribution >= 4 is 17.7 Å². The van der Waals surface area contributed by atoms with Gasteiger partial charge in [0.15, 0.2) is 0 Å². The van der Waals surface area contributed by atoms with Crippen molar-refractivity contribution in [1.29, 1.82) is 0 Å². The van der Waals surface area contributed by atoms with Crippen LogP contribution in [0.25, 0.3) is 0 Å². The van der Waals surface area contributed by atoms with Gasteiger partial charge in [0, 0.05) is 31.3 Å². The van der Waals surface area contributed by atoms with Crippen LogP contribution in [0, 0.1) is 0 Å². The van der Waals surface area contributed by atoms with Crippen molar-refractivity contribution < 1.29 is 32.4 Å². The summed E-state index contributed by atoms with van der Waals surface area (Å²) in [7, 11) is 0. The standard InChI is InChI=1S/C26H35F2N5O5/c1-5-18(20(34)21-31-23(38-32-21)25(2,3)4)29-22(35)19(30-24(36)33-11-13-37-14-12-33)16-26(27,28)15-17-9-7-6-8-10-17/h6-10,18-19H,5,11-16H2,1-4H3,(H,29,35)(H,30,36)/t18-,19?/m0/s1. The average molecular weight is 536 g/mol. The van der Waals surface area contributed by atoms with Crippen molar-refractivity contribution in [2.75, 3.05) is 26.3 Å². The molecule has 0 spiro atoms. The number of carbonyl (C=O) groups excluding carboxylic acids is 3. The molecule has 208 valence electrons. The lowest BCUT2D eigenvalue weighted by atomic mass is 9.97. The van der Waals surface area contributed by atoms with Crippen LogP contribution in [0.15, 0.2) is 34.9 Å². The lowest BCUT2D eigenvalue weighted by Gasteiger charge is -2.30. The summed E-state index contributed by atoms with van der Waals surface area (Å²) in [6, 6.07) is 4.80. The van der Waals surface area contributed by atoms with Gasteiger partial charge in [-0.05, 0) is 12.0 Å². The highest BCUT2D eigenvalue weighted by molar-refractivity contribution is 6.00. The molecule has 1 fully saturated rings. The van der Waals surface area contributed by atoms with Gasteiger partial charge < -0.3 is 24.8 Å². The maximum atomic E-state index is 15.1. The van der Waals surface area contributed by atoms with Gasteiger partial charge in [-0.25, -0.2) is 13.6 Å². The van der Waals surface area contributed by atoms with Crippen molar-refractivity contribution in [3.63, 3.8) is 0 Å². The molecule has 1 unspecified atom stereocenters. The number of urea groups is 1. The number of benzene rings is 1. The van der Waals surface area contributed by atoms with E-state index < -0.39 is 54.0 Å². The fourth-order valence-corrected chi connectivity index (χ4v) is 3.89. The Hall–Kier alpha value is -3.41. The quantitative estimate of drug-likeness (QED) is 0.448. The SMILES string of the molecule is CC[C@H](NC(=O)C(CC(F)(F)Cc1ccccc1)NC(=O)N1CCOCC1)C(=O)c1noc(C(C)(C)C)n1. The van der Waals surface area contributed by atoms with E-state index in [1.165, 1.54) is 4.90 Å². The molecule has 3 rings (SSSR count). The Bertz CT molecular complexity index is 1100. The molecule has 0 saturated carbocycles. The van der Waals surface area contributed by atoms with E-state index in [1.54, 1.807) is 37.3 Å². The summed E-state index contributed by atoms with van der Waals surface area (Å²) in [4.78, 5) is 44.6. The molecule has 2 heterocycles. The number of nitrogens with zero attached hydrogens (tertiary/aromatic N) is 3. The summed E-state index contributed by atoms with van der Waals surface area (Å²) < 4.78 is 40.6. The molecule has 2 atom stereocenters. The van der Waals surface area contributed by atoms with Crippen LogP contribution in [-0.4, -0.2) is 77.1 Å². The largest absolute Gasteiger partial charge is 0.378 e. The average Bonchev–Trinajstić information content (AvgIpc) is 3.38. The van der Waals surface area contributed by atoms with Gasteiger partial charge in [-0.3, -0.25) is 9.59 Å². The molecule has 0 aliphatic carbocycles. The van der Waals surface area contributed by atoms with Crippen LogP contribution in [-0.2, 0) is 21.4 Å². The van der Waals surface area contributed by atoms with Gasteiger partial charge in [0.1, 0.15) is 6.04 Å². The summed E-state index contributed by atoms with van der Waals surface area (Å²) in [5.74, 6) is -4.81. The Kier molecular flexibility index (Phi) is 9.53. The first-order valence-electron chi connectivity index (χ1n) is 12.6. The molecule has 1 aliphatic heterocycles. The van der Waals surface area contributed by atoms with Gasteiger partial charge >= 0.3 is 6.03 Å². The van der Waals surface area contributed by atoms with Crippen LogP contribution in [0.2, 0.25) is 0 Å². The highest BCUT2D eigenvalue weighted by Gasteiger charge is 2.39. The van der Waals surface area contributed by atoms with Crippen molar-refractivity contribution in [2.24, 2.45) is 0 Å². The van der Waals surface area contributed by atoms with Gasteiger partial charge in [-0.1, -0.05) is 63.2 Å². The number of aromatic nitrogens is 2. The van der Waals surface area contributed by atoms with Gasteiger partial charge in [0.05, 0.1) is 19.3 Å². The van der Waals surface area contributed by atoms with Crippen molar-refractivity contribution in [2.45, 2.75) is 70.4 Å². The van der Waals surface area contributed by atoms with E-state index in [0.717, 1.165) is 0 Å². The number of alkyl halides is 2. The third-order valence-electron chi connectivity index (χ3n) is 6.05. The molecular formula is C26H35F2N5O5. The van der Waals surface area contributed by atoms with E-state index in [-0.39, 0.29) is 31.2 Å². The zero-order valence-corrected chi connectivity index (χ0v) is 22.1. The topological polar surface area (TPSA) is 127 Å². The predicted octanol–water partition coefficient (Wildman–Crippen LogP) is 3.12. The molecule has 38 heavy (non-hydrogen) atoms. The van der Waals surface area contributed by atoms with Crippen LogP contribution in [0.5, 0.6) is 0 Å². The number of Topliss-reactive ketones (excluding diaryl/α,β-unsaturated/α-hetero) is 1. The third-order valence-corrected chi connectivity index (χ3v) is 6.05. The summed E-state index contributed by atoms with van der Waals surface area (Å²) in [5, 5.41) is 8.67. The summed E-state index contributed by atoms with van der Waals surface area (Å²) in [6.45, 7) is 8.32. The molecule has 12 heteroatoms. The number of nitrogens with one attached hydrogen (secondary N) is 2. The molecule has 1 aliphatic rings. The Morgan fingerprint density at radius 2 is 1.71 bits per heavy atom. The minimum Gasteiger partial charge on any atom is -0.378 e. The number of carbonyl (C=O) groups is 3. The number of amides is 3. The van der Waals surface area contributed by atoms with Crippen LogP contribution >= 0.6 is 0 Å². The molecule has 2 aromatic rings. The van der Waals surface area contributed by atoms with Crippen LogP contribution in [0.1, 0.15) is 62.6 Å². The van der Waals surface area contributed by atoms with Gasteiger partial charge in [0.25, 0.3) is 5.92 Å². The highest BCUT2D eigenvalue weighted by Crippen LogP contribution is 2.26. The molecule has 1 aromatic heterocycles. The Balaban J connectivity index is 1.76. The Labute approximate surface area is 220 Å². The number of hydrogen-bond donors (Lipinski definition) is 2. The van der Waals surface area contributed by atoms with E-state index in [4.69, 9.17) is 9.26 Å². The molecule has 1 saturated heterocycles. The van der Waals surface area contributed by atoms with E-state index >= 15 is 8.78 Å². The smallest absolute Gasteiger partial charge is 0.318 e. The van der Waals surface area contributed by atoms with Crippen LogP contribution in [0.4, 0.5) is 13.6 Å². The van der Waals surface area contributed by atoms with Crippen molar-refractivity contribution in [3.05, 3.63) is 47.6 Å². The lowest BCUT2D eigenvalue weighted by Crippen LogP contribution is -2.57. The van der Waals surface area contributed by atoms with Crippen molar-refractivity contribution in [3.8, 4) is 0 Å². The molecule has 3 amide bonds. The van der Waals surface area contributed by atoms with Crippen molar-refractivity contribution in [1.82, 2.24) is 25.7 Å². The molecule has 1 aromatic carbocycles. The van der Waals surface area contributed by atoms with E-state index in [1.807, 2.05) is 20.8 Å². The maximum absolute atomic E-state index is 15.1. The molecule has 10 nitrogen and oxygen atoms in total. The summed E-state index contributed by atoms with van der Waals surface area (Å²) >= 11 is 0. The van der Waals surface area contributed by atoms with Crippen LogP contribution < -0.4 is 10.6 Å². The fourth-order valence-electron chi connectivity index (χ4n) is 3.89. The van der Waals surface area contributed by atoms with Gasteiger partial charge in [0.2, 0.25) is 23.4 Å². The van der Waals surface area contributed by atoms with Crippen LogP contribution in [0.3, 0.4) is 0 Å². The highest BCUT2D eigenvalue weighted by atomic mass is 19.3. The lowest BCUT2D eigenvalue weighted by molar-refractivity contribution is -0.126. The third kappa shape index (κ3) is 8.04. The second kappa shape index (κ2) is 12.4.